The number of nitrogens with zero attached hydrogens (tertiary/aromatic N) is 1. The number of hydrogen-bond donors (Lipinski definition) is 4. The van der Waals surface area contributed by atoms with Crippen LogP contribution in [-0.2, 0) is 0 Å². The number of aliphatic hydroxyl groups is 4. The number of aliphatic hydroxyl groups excluding tert-OH is 4. The van der Waals surface area contributed by atoms with E-state index < -0.39 is 35.9 Å². The molecule has 7 nitrogen and oxygen atoms in total. The topological polar surface area (TPSA) is 124 Å². The minimum atomic E-state index is -1.78. The van der Waals surface area contributed by atoms with Crippen molar-refractivity contribution in [3.05, 3.63) is 22.8 Å². The molecule has 4 unspecified atom stereocenters. The van der Waals surface area contributed by atoms with Gasteiger partial charge in [-0.15, -0.1) is 6.58 Å². The van der Waals surface area contributed by atoms with Crippen LogP contribution < -0.4 is 0 Å². The molecular weight excluding hydrogens is 194 g/mol. The number of rotatable bonds is 6. The highest BCUT2D eigenvalue weighted by atomic mass is 16.6. The summed E-state index contributed by atoms with van der Waals surface area (Å²) in [6.45, 7) is 2.25. The SMILES string of the molecule is C=CC(O)C(O)C(O)C(O)C[N+](=O)[O-]. The zero-order valence-electron chi connectivity index (χ0n) is 7.35. The molecule has 0 saturated heterocycles. The van der Waals surface area contributed by atoms with Gasteiger partial charge < -0.3 is 20.4 Å². The summed E-state index contributed by atoms with van der Waals surface area (Å²) >= 11 is 0. The number of hydrogen-bond acceptors (Lipinski definition) is 6. The average Bonchev–Trinajstić information content (AvgIpc) is 2.13. The van der Waals surface area contributed by atoms with Gasteiger partial charge in [-0.25, -0.2) is 0 Å². The molecule has 0 rings (SSSR count). The smallest absolute Gasteiger partial charge is 0.232 e. The van der Waals surface area contributed by atoms with Gasteiger partial charge in [0.25, 0.3) is 0 Å². The monoisotopic (exact) mass is 207 g/mol. The standard InChI is InChI=1S/C7H13NO6/c1-2-4(9)6(11)7(12)5(10)3-8(13)14/h2,4-7,9-12H,1,3H2. The number of nitro groups is 1. The van der Waals surface area contributed by atoms with Gasteiger partial charge in [0, 0.05) is 4.92 Å². The third-order valence-electron chi connectivity index (χ3n) is 1.67. The van der Waals surface area contributed by atoms with Gasteiger partial charge >= 0.3 is 0 Å². The van der Waals surface area contributed by atoms with Crippen molar-refractivity contribution in [2.24, 2.45) is 0 Å². The van der Waals surface area contributed by atoms with Crippen LogP contribution in [0.2, 0.25) is 0 Å². The Morgan fingerprint density at radius 1 is 1.29 bits per heavy atom. The fourth-order valence-electron chi connectivity index (χ4n) is 0.830. The van der Waals surface area contributed by atoms with Crippen LogP contribution in [-0.4, -0.2) is 56.3 Å². The fraction of sp³-hybridized carbons (Fsp3) is 0.714. The second kappa shape index (κ2) is 5.66. The first-order chi connectivity index (χ1) is 6.40. The van der Waals surface area contributed by atoms with Crippen LogP contribution in [0.15, 0.2) is 12.7 Å². The second-order valence-electron chi connectivity index (χ2n) is 2.79. The Labute approximate surface area is 80.1 Å². The van der Waals surface area contributed by atoms with Crippen molar-refractivity contribution in [3.8, 4) is 0 Å². The first-order valence-electron chi connectivity index (χ1n) is 3.86. The molecule has 0 amide bonds. The lowest BCUT2D eigenvalue weighted by Gasteiger charge is -2.22. The van der Waals surface area contributed by atoms with Crippen LogP contribution in [0, 0.1) is 10.1 Å². The molecule has 4 atom stereocenters. The van der Waals surface area contributed by atoms with Crippen molar-refractivity contribution in [2.45, 2.75) is 24.4 Å². The average molecular weight is 207 g/mol. The first kappa shape index (κ1) is 13.0. The third kappa shape index (κ3) is 3.79. The van der Waals surface area contributed by atoms with Gasteiger partial charge in [0.1, 0.15) is 24.4 Å². The normalized spacial score (nSPS) is 19.4. The lowest BCUT2D eigenvalue weighted by atomic mass is 10.0. The molecule has 0 aromatic heterocycles. The molecule has 4 N–H and O–H groups in total. The molecule has 0 saturated carbocycles. The highest BCUT2D eigenvalue weighted by Gasteiger charge is 2.31. The summed E-state index contributed by atoms with van der Waals surface area (Å²) in [7, 11) is 0. The van der Waals surface area contributed by atoms with Gasteiger partial charge in [0.2, 0.25) is 6.54 Å². The quantitative estimate of drug-likeness (QED) is 0.224. The molecule has 0 bridgehead atoms. The van der Waals surface area contributed by atoms with Crippen molar-refractivity contribution in [1.29, 1.82) is 0 Å². The summed E-state index contributed by atoms with van der Waals surface area (Å²) < 4.78 is 0. The molecule has 0 aromatic carbocycles. The van der Waals surface area contributed by atoms with Crippen LogP contribution >= 0.6 is 0 Å². The first-order valence-corrected chi connectivity index (χ1v) is 3.86. The predicted molar refractivity (Wildman–Crippen MR) is 46.1 cm³/mol. The molecule has 0 radical (unpaired) electrons. The molecule has 0 aliphatic carbocycles. The van der Waals surface area contributed by atoms with E-state index in [4.69, 9.17) is 20.4 Å². The predicted octanol–water partition coefficient (Wildman–Crippen LogP) is -2.11. The van der Waals surface area contributed by atoms with E-state index in [2.05, 4.69) is 6.58 Å². The van der Waals surface area contributed by atoms with Crippen molar-refractivity contribution in [1.82, 2.24) is 0 Å². The Bertz CT molecular complexity index is 208. The molecule has 82 valence electrons. The Kier molecular flexibility index (Phi) is 5.24. The maximum absolute atomic E-state index is 9.95. The minimum Gasteiger partial charge on any atom is -0.387 e. The lowest BCUT2D eigenvalue weighted by Crippen LogP contribution is -2.46. The summed E-state index contributed by atoms with van der Waals surface area (Å²) in [6, 6.07) is 0. The molecule has 0 fully saturated rings. The van der Waals surface area contributed by atoms with Crippen molar-refractivity contribution in [3.63, 3.8) is 0 Å². The molecule has 7 heteroatoms. The summed E-state index contributed by atoms with van der Waals surface area (Å²) in [5.74, 6) is 0. The highest BCUT2D eigenvalue weighted by molar-refractivity contribution is 4.90. The Balaban J connectivity index is 4.22. The van der Waals surface area contributed by atoms with Gasteiger partial charge in [-0.2, -0.15) is 0 Å². The van der Waals surface area contributed by atoms with Gasteiger partial charge in [-0.05, 0) is 0 Å². The zero-order valence-corrected chi connectivity index (χ0v) is 7.35. The van der Waals surface area contributed by atoms with Crippen LogP contribution in [0.4, 0.5) is 0 Å². The van der Waals surface area contributed by atoms with E-state index in [1.165, 1.54) is 0 Å². The minimum absolute atomic E-state index is 0.832. The summed E-state index contributed by atoms with van der Waals surface area (Å²) in [5, 5.41) is 46.2. The summed E-state index contributed by atoms with van der Waals surface area (Å²) in [6.07, 6.45) is -5.69. The Morgan fingerprint density at radius 3 is 2.14 bits per heavy atom. The fourth-order valence-corrected chi connectivity index (χ4v) is 0.830. The maximum Gasteiger partial charge on any atom is 0.232 e. The van der Waals surface area contributed by atoms with E-state index in [1.807, 2.05) is 0 Å². The van der Waals surface area contributed by atoms with Gasteiger partial charge in [-0.3, -0.25) is 10.1 Å². The van der Waals surface area contributed by atoms with E-state index in [9.17, 15) is 10.1 Å². The van der Waals surface area contributed by atoms with E-state index >= 15 is 0 Å². The van der Waals surface area contributed by atoms with Crippen molar-refractivity contribution >= 4 is 0 Å². The second-order valence-corrected chi connectivity index (χ2v) is 2.79. The van der Waals surface area contributed by atoms with E-state index in [-0.39, 0.29) is 0 Å². The van der Waals surface area contributed by atoms with E-state index in [0.29, 0.717) is 0 Å². The zero-order chi connectivity index (χ0) is 11.3. The lowest BCUT2D eigenvalue weighted by molar-refractivity contribution is -0.493. The van der Waals surface area contributed by atoms with Gasteiger partial charge in [0.15, 0.2) is 0 Å². The van der Waals surface area contributed by atoms with Crippen molar-refractivity contribution < 1.29 is 25.3 Å². The largest absolute Gasteiger partial charge is 0.387 e. The van der Waals surface area contributed by atoms with Crippen LogP contribution in [0.1, 0.15) is 0 Å². The maximum atomic E-state index is 9.95. The Morgan fingerprint density at radius 2 is 1.79 bits per heavy atom. The van der Waals surface area contributed by atoms with E-state index in [0.717, 1.165) is 6.08 Å². The van der Waals surface area contributed by atoms with Gasteiger partial charge in [-0.1, -0.05) is 6.08 Å². The van der Waals surface area contributed by atoms with E-state index in [1.54, 1.807) is 0 Å². The highest BCUT2D eigenvalue weighted by Crippen LogP contribution is 2.05. The van der Waals surface area contributed by atoms with Crippen LogP contribution in [0.25, 0.3) is 0 Å². The molecule has 14 heavy (non-hydrogen) atoms. The molecule has 0 aliphatic rings. The Hall–Kier alpha value is -1.02. The molecule has 0 aliphatic heterocycles. The molecular formula is C7H13NO6. The molecule has 0 spiro atoms. The summed E-state index contributed by atoms with van der Waals surface area (Å²) in [4.78, 5) is 9.11. The third-order valence-corrected chi connectivity index (χ3v) is 1.67. The van der Waals surface area contributed by atoms with Crippen molar-refractivity contribution in [2.75, 3.05) is 6.54 Å². The van der Waals surface area contributed by atoms with Crippen LogP contribution in [0.3, 0.4) is 0 Å². The van der Waals surface area contributed by atoms with Gasteiger partial charge in [0.05, 0.1) is 0 Å². The van der Waals surface area contributed by atoms with Crippen LogP contribution in [0.5, 0.6) is 0 Å². The summed E-state index contributed by atoms with van der Waals surface area (Å²) in [5.41, 5.74) is 0. The molecule has 0 heterocycles. The molecule has 0 aromatic rings.